The van der Waals surface area contributed by atoms with Crippen molar-refractivity contribution in [3.63, 3.8) is 0 Å². The van der Waals surface area contributed by atoms with Crippen molar-refractivity contribution in [3.05, 3.63) is 23.9 Å². The van der Waals surface area contributed by atoms with Crippen molar-refractivity contribution in [2.45, 2.75) is 50.1 Å². The minimum absolute atomic E-state index is 0.0653. The fraction of sp³-hybridized carbons (Fsp3) is 0.643. The van der Waals surface area contributed by atoms with Gasteiger partial charge >= 0.3 is 0 Å². The summed E-state index contributed by atoms with van der Waals surface area (Å²) in [7, 11) is -3.48. The van der Waals surface area contributed by atoms with Crippen LogP contribution in [0.25, 0.3) is 0 Å². The molecule has 1 heterocycles. The number of hydrogen-bond acceptors (Lipinski definition) is 4. The van der Waals surface area contributed by atoms with E-state index in [9.17, 15) is 8.42 Å². The molecule has 0 radical (unpaired) electrons. The molecular weight excluding hydrogens is 274 g/mol. The molecule has 6 heteroatoms. The standard InChI is InChI=1S/C14H23N3O2S/c15-10-13-7-8-14(16-11-13)20(18,19)17-9-3-6-12-4-1-2-5-12/h7-8,11-12,17H,1-6,9-10,15H2. The van der Waals surface area contributed by atoms with Gasteiger partial charge in [-0.25, -0.2) is 18.1 Å². The van der Waals surface area contributed by atoms with E-state index >= 15 is 0 Å². The number of nitrogens with one attached hydrogen (secondary N) is 1. The number of aromatic nitrogens is 1. The molecule has 0 spiro atoms. The largest absolute Gasteiger partial charge is 0.326 e. The Morgan fingerprint density at radius 3 is 2.65 bits per heavy atom. The van der Waals surface area contributed by atoms with Crippen LogP contribution in [0.15, 0.2) is 23.4 Å². The maximum absolute atomic E-state index is 12.0. The van der Waals surface area contributed by atoms with Crippen molar-refractivity contribution in [1.29, 1.82) is 0 Å². The lowest BCUT2D eigenvalue weighted by Gasteiger charge is -2.09. The first-order valence-electron chi connectivity index (χ1n) is 7.26. The summed E-state index contributed by atoms with van der Waals surface area (Å²) >= 11 is 0. The van der Waals surface area contributed by atoms with Crippen molar-refractivity contribution in [3.8, 4) is 0 Å². The minimum atomic E-state index is -3.48. The third-order valence-corrected chi connectivity index (χ3v) is 5.24. The van der Waals surface area contributed by atoms with Gasteiger partial charge in [0, 0.05) is 19.3 Å². The molecule has 1 aliphatic rings. The highest BCUT2D eigenvalue weighted by molar-refractivity contribution is 7.89. The zero-order valence-corrected chi connectivity index (χ0v) is 12.5. The van der Waals surface area contributed by atoms with E-state index in [2.05, 4.69) is 9.71 Å². The summed E-state index contributed by atoms with van der Waals surface area (Å²) in [6.07, 6.45) is 8.77. The molecule has 1 aromatic heterocycles. The quantitative estimate of drug-likeness (QED) is 0.751. The number of nitrogens with zero attached hydrogens (tertiary/aromatic N) is 1. The second-order valence-corrected chi connectivity index (χ2v) is 7.11. The van der Waals surface area contributed by atoms with Gasteiger partial charge in [0.2, 0.25) is 0 Å². The van der Waals surface area contributed by atoms with Gasteiger partial charge in [0.1, 0.15) is 0 Å². The molecule has 1 fully saturated rings. The molecule has 0 saturated heterocycles. The van der Waals surface area contributed by atoms with Crippen molar-refractivity contribution < 1.29 is 8.42 Å². The van der Waals surface area contributed by atoms with Crippen LogP contribution in [0, 0.1) is 5.92 Å². The van der Waals surface area contributed by atoms with Crippen LogP contribution in [0.5, 0.6) is 0 Å². The first kappa shape index (κ1) is 15.4. The van der Waals surface area contributed by atoms with Crippen LogP contribution in [0.4, 0.5) is 0 Å². The Bertz CT molecular complexity index is 508. The van der Waals surface area contributed by atoms with Crippen LogP contribution in [-0.4, -0.2) is 19.9 Å². The van der Waals surface area contributed by atoms with E-state index < -0.39 is 10.0 Å². The summed E-state index contributed by atoms with van der Waals surface area (Å²) in [6, 6.07) is 3.20. The van der Waals surface area contributed by atoms with Crippen LogP contribution in [0.1, 0.15) is 44.1 Å². The number of pyridine rings is 1. The fourth-order valence-electron chi connectivity index (χ4n) is 2.66. The van der Waals surface area contributed by atoms with Crippen LogP contribution in [0.2, 0.25) is 0 Å². The van der Waals surface area contributed by atoms with Gasteiger partial charge in [-0.2, -0.15) is 0 Å². The molecule has 5 nitrogen and oxygen atoms in total. The summed E-state index contributed by atoms with van der Waals surface area (Å²) in [4.78, 5) is 3.95. The van der Waals surface area contributed by atoms with E-state index in [-0.39, 0.29) is 5.03 Å². The predicted octanol–water partition coefficient (Wildman–Crippen LogP) is 1.79. The van der Waals surface area contributed by atoms with E-state index in [1.54, 1.807) is 6.07 Å². The maximum Gasteiger partial charge on any atom is 0.258 e. The fourth-order valence-corrected chi connectivity index (χ4v) is 3.66. The number of nitrogens with two attached hydrogens (primary N) is 1. The molecule has 0 aliphatic heterocycles. The highest BCUT2D eigenvalue weighted by atomic mass is 32.2. The lowest BCUT2D eigenvalue weighted by atomic mass is 10.0. The minimum Gasteiger partial charge on any atom is -0.326 e. The lowest BCUT2D eigenvalue weighted by molar-refractivity contribution is 0.480. The van der Waals surface area contributed by atoms with E-state index in [0.717, 1.165) is 24.3 Å². The molecule has 112 valence electrons. The average molecular weight is 297 g/mol. The zero-order valence-electron chi connectivity index (χ0n) is 11.7. The molecule has 3 N–H and O–H groups in total. The molecule has 0 aromatic carbocycles. The first-order chi connectivity index (χ1) is 9.62. The zero-order chi connectivity index (χ0) is 14.4. The van der Waals surface area contributed by atoms with Crippen LogP contribution < -0.4 is 10.5 Å². The molecule has 1 saturated carbocycles. The Labute approximate surface area is 121 Å². The molecular formula is C14H23N3O2S. The van der Waals surface area contributed by atoms with E-state index in [1.807, 2.05) is 0 Å². The molecule has 0 atom stereocenters. The third-order valence-electron chi connectivity index (χ3n) is 3.86. The van der Waals surface area contributed by atoms with Crippen molar-refractivity contribution in [2.24, 2.45) is 11.7 Å². The Morgan fingerprint density at radius 2 is 2.05 bits per heavy atom. The molecule has 1 aromatic rings. The van der Waals surface area contributed by atoms with Gasteiger partial charge in [-0.05, 0) is 30.4 Å². The third kappa shape index (κ3) is 4.26. The maximum atomic E-state index is 12.0. The van der Waals surface area contributed by atoms with E-state index in [0.29, 0.717) is 13.1 Å². The van der Waals surface area contributed by atoms with Gasteiger partial charge in [-0.15, -0.1) is 0 Å². The Morgan fingerprint density at radius 1 is 1.30 bits per heavy atom. The first-order valence-corrected chi connectivity index (χ1v) is 8.75. The summed E-state index contributed by atoms with van der Waals surface area (Å²) in [5.74, 6) is 0.793. The van der Waals surface area contributed by atoms with Crippen molar-refractivity contribution in [2.75, 3.05) is 6.54 Å². The Kier molecular flexibility index (Phi) is 5.51. The summed E-state index contributed by atoms with van der Waals surface area (Å²) in [5, 5.41) is 0.0653. The topological polar surface area (TPSA) is 85.1 Å². The monoisotopic (exact) mass is 297 g/mol. The van der Waals surface area contributed by atoms with Gasteiger partial charge in [0.05, 0.1) is 0 Å². The predicted molar refractivity (Wildman–Crippen MR) is 78.5 cm³/mol. The van der Waals surface area contributed by atoms with Crippen LogP contribution in [0.3, 0.4) is 0 Å². The highest BCUT2D eigenvalue weighted by Gasteiger charge is 2.17. The second-order valence-electron chi connectivity index (χ2n) is 5.40. The van der Waals surface area contributed by atoms with Gasteiger partial charge < -0.3 is 5.73 Å². The molecule has 2 rings (SSSR count). The Balaban J connectivity index is 1.80. The van der Waals surface area contributed by atoms with Crippen LogP contribution >= 0.6 is 0 Å². The smallest absolute Gasteiger partial charge is 0.258 e. The SMILES string of the molecule is NCc1ccc(S(=O)(=O)NCCCC2CCCC2)nc1. The number of hydrogen-bond donors (Lipinski definition) is 2. The van der Waals surface area contributed by atoms with E-state index in [4.69, 9.17) is 5.73 Å². The highest BCUT2D eigenvalue weighted by Crippen LogP contribution is 2.28. The van der Waals surface area contributed by atoms with Gasteiger partial charge in [0.25, 0.3) is 10.0 Å². The second kappa shape index (κ2) is 7.15. The number of sulfonamides is 1. The number of rotatable bonds is 7. The summed E-state index contributed by atoms with van der Waals surface area (Å²) < 4.78 is 26.7. The molecule has 0 unspecified atom stereocenters. The molecule has 0 amide bonds. The summed E-state index contributed by atoms with van der Waals surface area (Å²) in [6.45, 7) is 0.849. The molecule has 0 bridgehead atoms. The van der Waals surface area contributed by atoms with E-state index in [1.165, 1.54) is 37.9 Å². The lowest BCUT2D eigenvalue weighted by Crippen LogP contribution is -2.26. The van der Waals surface area contributed by atoms with Crippen LogP contribution in [-0.2, 0) is 16.6 Å². The average Bonchev–Trinajstić information content (AvgIpc) is 2.97. The molecule has 20 heavy (non-hydrogen) atoms. The molecule has 1 aliphatic carbocycles. The Hall–Kier alpha value is -0.980. The van der Waals surface area contributed by atoms with Crippen molar-refractivity contribution >= 4 is 10.0 Å². The summed E-state index contributed by atoms with van der Waals surface area (Å²) in [5.41, 5.74) is 6.29. The van der Waals surface area contributed by atoms with Crippen molar-refractivity contribution in [1.82, 2.24) is 9.71 Å². The normalized spacial score (nSPS) is 16.6. The van der Waals surface area contributed by atoms with Gasteiger partial charge in [-0.3, -0.25) is 0 Å². The van der Waals surface area contributed by atoms with Gasteiger partial charge in [0.15, 0.2) is 5.03 Å². The van der Waals surface area contributed by atoms with Gasteiger partial charge in [-0.1, -0.05) is 31.7 Å².